The fourth-order valence-corrected chi connectivity index (χ4v) is 7.22. The van der Waals surface area contributed by atoms with Crippen molar-refractivity contribution < 1.29 is 4.42 Å². The van der Waals surface area contributed by atoms with Crippen LogP contribution in [0.4, 0.5) is 0 Å². The quantitative estimate of drug-likeness (QED) is 0.205. The maximum absolute atomic E-state index is 6.59. The first-order valence-electron chi connectivity index (χ1n) is 11.9. The monoisotopic (exact) mass is 463 g/mol. The van der Waals surface area contributed by atoms with Crippen molar-refractivity contribution in [3.05, 3.63) is 103 Å². The highest BCUT2D eigenvalue weighted by Crippen LogP contribution is 2.45. The molecule has 9 aromatic rings. The first-order valence-corrected chi connectivity index (χ1v) is 12.7. The Morgan fingerprint density at radius 2 is 1.23 bits per heavy atom. The van der Waals surface area contributed by atoms with E-state index < -0.39 is 0 Å². The van der Waals surface area contributed by atoms with Gasteiger partial charge in [0.25, 0.3) is 0 Å². The minimum absolute atomic E-state index is 0.935. The lowest BCUT2D eigenvalue weighted by Gasteiger charge is -2.12. The standard InChI is InChI=1S/C32H17NOS/c1-2-8-19-18(7-1)17-33-30(19)23-14-13-21-20-9-3-5-11-25(20)34-32(21)28(23)24-15-16-27-29(31(24)33)22-10-4-6-12-26(22)35-27/h1-17H. The predicted octanol–water partition coefficient (Wildman–Crippen LogP) is 9.67. The Morgan fingerprint density at radius 3 is 2.17 bits per heavy atom. The summed E-state index contributed by atoms with van der Waals surface area (Å²) in [6, 6.07) is 35.0. The zero-order valence-corrected chi connectivity index (χ0v) is 19.4. The normalized spacial score (nSPS) is 12.6. The molecule has 35 heavy (non-hydrogen) atoms. The predicted molar refractivity (Wildman–Crippen MR) is 150 cm³/mol. The van der Waals surface area contributed by atoms with Crippen molar-refractivity contribution in [2.45, 2.75) is 0 Å². The van der Waals surface area contributed by atoms with Crippen LogP contribution in [-0.4, -0.2) is 4.40 Å². The number of fused-ring (bicyclic) bond motifs is 16. The minimum atomic E-state index is 0.935. The Labute approximate surface area is 203 Å². The number of hydrogen-bond donors (Lipinski definition) is 0. The van der Waals surface area contributed by atoms with Gasteiger partial charge in [0.1, 0.15) is 11.2 Å². The first-order chi connectivity index (χ1) is 17.4. The van der Waals surface area contributed by atoms with Gasteiger partial charge in [0, 0.05) is 64.1 Å². The van der Waals surface area contributed by atoms with Gasteiger partial charge in [0.05, 0.1) is 11.0 Å². The van der Waals surface area contributed by atoms with E-state index in [0.29, 0.717) is 0 Å². The van der Waals surface area contributed by atoms with Crippen LogP contribution in [0.1, 0.15) is 0 Å². The zero-order valence-electron chi connectivity index (χ0n) is 18.6. The molecule has 9 rings (SSSR count). The largest absolute Gasteiger partial charge is 0.455 e. The van der Waals surface area contributed by atoms with E-state index in [2.05, 4.69) is 102 Å². The van der Waals surface area contributed by atoms with Crippen LogP contribution in [-0.2, 0) is 0 Å². The van der Waals surface area contributed by atoms with E-state index in [9.17, 15) is 0 Å². The second-order valence-electron chi connectivity index (χ2n) is 9.33. The van der Waals surface area contributed by atoms with Crippen LogP contribution in [0.25, 0.3) is 80.1 Å². The molecular weight excluding hydrogens is 446 g/mol. The van der Waals surface area contributed by atoms with E-state index in [-0.39, 0.29) is 0 Å². The van der Waals surface area contributed by atoms with Gasteiger partial charge in [0.2, 0.25) is 0 Å². The Bertz CT molecular complexity index is 2330. The summed E-state index contributed by atoms with van der Waals surface area (Å²) in [5.74, 6) is 0. The molecule has 0 atom stereocenters. The lowest BCUT2D eigenvalue weighted by atomic mass is 9.98. The van der Waals surface area contributed by atoms with Crippen LogP contribution in [0.15, 0.2) is 108 Å². The fourth-order valence-electron chi connectivity index (χ4n) is 6.11. The third-order valence-corrected chi connectivity index (χ3v) is 8.69. The summed E-state index contributed by atoms with van der Waals surface area (Å²) in [4.78, 5) is 0. The van der Waals surface area contributed by atoms with E-state index in [1.165, 1.54) is 68.9 Å². The van der Waals surface area contributed by atoms with Gasteiger partial charge < -0.3 is 8.82 Å². The van der Waals surface area contributed by atoms with Gasteiger partial charge in [-0.25, -0.2) is 0 Å². The maximum Gasteiger partial charge on any atom is 0.144 e. The zero-order chi connectivity index (χ0) is 22.7. The molecule has 0 aliphatic carbocycles. The molecule has 0 radical (unpaired) electrons. The molecule has 0 aliphatic rings. The molecule has 162 valence electrons. The Morgan fingerprint density at radius 1 is 0.514 bits per heavy atom. The molecule has 0 amide bonds. The Hall–Kier alpha value is -4.34. The van der Waals surface area contributed by atoms with Gasteiger partial charge in [-0.1, -0.05) is 72.8 Å². The molecule has 2 nitrogen and oxygen atoms in total. The summed E-state index contributed by atoms with van der Waals surface area (Å²) in [7, 11) is 0. The van der Waals surface area contributed by atoms with E-state index in [0.717, 1.165) is 11.2 Å². The van der Waals surface area contributed by atoms with Crippen LogP contribution in [0.3, 0.4) is 0 Å². The Balaban J connectivity index is 1.69. The molecular formula is C32H17NOS. The van der Waals surface area contributed by atoms with Crippen molar-refractivity contribution in [1.29, 1.82) is 0 Å². The lowest BCUT2D eigenvalue weighted by Crippen LogP contribution is -1.91. The number of thiophene rings is 1. The summed E-state index contributed by atoms with van der Waals surface area (Å²) in [5.41, 5.74) is 4.41. The van der Waals surface area contributed by atoms with Crippen molar-refractivity contribution in [3.8, 4) is 0 Å². The third-order valence-electron chi connectivity index (χ3n) is 7.55. The second kappa shape index (κ2) is 6.21. The molecule has 0 spiro atoms. The van der Waals surface area contributed by atoms with Crippen molar-refractivity contribution in [1.82, 2.24) is 4.40 Å². The van der Waals surface area contributed by atoms with Crippen molar-refractivity contribution >= 4 is 91.4 Å². The van der Waals surface area contributed by atoms with E-state index in [1.54, 1.807) is 0 Å². The van der Waals surface area contributed by atoms with Crippen molar-refractivity contribution in [2.24, 2.45) is 0 Å². The molecule has 5 aromatic carbocycles. The fraction of sp³-hybridized carbons (Fsp3) is 0. The van der Waals surface area contributed by atoms with Crippen LogP contribution >= 0.6 is 11.3 Å². The van der Waals surface area contributed by atoms with Gasteiger partial charge in [-0.2, -0.15) is 0 Å². The summed E-state index contributed by atoms with van der Waals surface area (Å²) < 4.78 is 11.6. The van der Waals surface area contributed by atoms with Crippen LogP contribution in [0.5, 0.6) is 0 Å². The maximum atomic E-state index is 6.59. The summed E-state index contributed by atoms with van der Waals surface area (Å²) in [6.45, 7) is 0. The highest BCUT2D eigenvalue weighted by atomic mass is 32.1. The number of para-hydroxylation sites is 1. The summed E-state index contributed by atoms with van der Waals surface area (Å²) in [6.07, 6.45) is 2.31. The molecule has 3 heteroatoms. The molecule has 0 aliphatic heterocycles. The molecule has 0 unspecified atom stereocenters. The topological polar surface area (TPSA) is 17.6 Å². The molecule has 0 bridgehead atoms. The highest BCUT2D eigenvalue weighted by molar-refractivity contribution is 7.26. The first kappa shape index (κ1) is 18.0. The van der Waals surface area contributed by atoms with Crippen LogP contribution < -0.4 is 0 Å². The van der Waals surface area contributed by atoms with Crippen LogP contribution in [0, 0.1) is 0 Å². The number of rotatable bonds is 0. The smallest absolute Gasteiger partial charge is 0.144 e. The molecule has 0 saturated heterocycles. The second-order valence-corrected chi connectivity index (χ2v) is 10.4. The number of pyridine rings is 1. The van der Waals surface area contributed by atoms with E-state index in [4.69, 9.17) is 4.42 Å². The molecule has 4 aromatic heterocycles. The summed E-state index contributed by atoms with van der Waals surface area (Å²) >= 11 is 1.87. The van der Waals surface area contributed by atoms with Gasteiger partial charge in [-0.3, -0.25) is 0 Å². The number of nitrogens with zero attached hydrogens (tertiary/aromatic N) is 1. The van der Waals surface area contributed by atoms with Crippen molar-refractivity contribution in [3.63, 3.8) is 0 Å². The average molecular weight is 464 g/mol. The SMILES string of the molecule is c1ccc2c(c1)cn1c2c2ccc3c4ccccc4oc3c2c2ccc3sc4ccccc4c3c21. The van der Waals surface area contributed by atoms with Crippen LogP contribution in [0.2, 0.25) is 0 Å². The van der Waals surface area contributed by atoms with Gasteiger partial charge in [0.15, 0.2) is 0 Å². The Kier molecular flexibility index (Phi) is 3.20. The molecule has 4 heterocycles. The number of hydrogen-bond acceptors (Lipinski definition) is 2. The highest BCUT2D eigenvalue weighted by Gasteiger charge is 2.20. The molecule has 0 saturated carbocycles. The van der Waals surface area contributed by atoms with E-state index >= 15 is 0 Å². The minimum Gasteiger partial charge on any atom is -0.455 e. The molecule has 0 N–H and O–H groups in total. The van der Waals surface area contributed by atoms with Gasteiger partial charge >= 0.3 is 0 Å². The van der Waals surface area contributed by atoms with Crippen molar-refractivity contribution in [2.75, 3.05) is 0 Å². The van der Waals surface area contributed by atoms with Gasteiger partial charge in [-0.15, -0.1) is 11.3 Å². The summed E-state index contributed by atoms with van der Waals surface area (Å²) in [5, 5.41) is 11.1. The third kappa shape index (κ3) is 2.15. The lowest BCUT2D eigenvalue weighted by molar-refractivity contribution is 0.673. The van der Waals surface area contributed by atoms with E-state index in [1.807, 2.05) is 17.4 Å². The number of furan rings is 1. The molecule has 0 fully saturated rings. The van der Waals surface area contributed by atoms with Gasteiger partial charge in [-0.05, 0) is 24.3 Å². The number of aromatic nitrogens is 1. The average Bonchev–Trinajstić information content (AvgIpc) is 3.59. The number of benzene rings is 5.